The summed E-state index contributed by atoms with van der Waals surface area (Å²) >= 11 is 1.60. The third kappa shape index (κ3) is 3.92. The van der Waals surface area contributed by atoms with Crippen molar-refractivity contribution in [2.24, 2.45) is 5.92 Å². The van der Waals surface area contributed by atoms with Gasteiger partial charge in [-0.05, 0) is 56.5 Å². The molecule has 0 aromatic carbocycles. The van der Waals surface area contributed by atoms with Crippen molar-refractivity contribution in [3.63, 3.8) is 0 Å². The molecule has 0 N–H and O–H groups in total. The van der Waals surface area contributed by atoms with Gasteiger partial charge in [0.15, 0.2) is 0 Å². The highest BCUT2D eigenvalue weighted by molar-refractivity contribution is 7.12. The van der Waals surface area contributed by atoms with Gasteiger partial charge in [-0.15, -0.1) is 11.3 Å². The second-order valence-electron chi connectivity index (χ2n) is 8.91. The third-order valence-corrected chi connectivity index (χ3v) is 7.73. The van der Waals surface area contributed by atoms with Crippen LogP contribution in [0.25, 0.3) is 0 Å². The Labute approximate surface area is 176 Å². The molecule has 5 rings (SSSR count). The van der Waals surface area contributed by atoms with E-state index in [0.29, 0.717) is 11.8 Å². The molecule has 2 saturated heterocycles. The van der Waals surface area contributed by atoms with Crippen LogP contribution in [0.15, 0.2) is 29.1 Å². The Hall–Kier alpha value is -1.94. The van der Waals surface area contributed by atoms with Crippen LogP contribution in [0, 0.1) is 17.2 Å². The Morgan fingerprint density at radius 2 is 1.86 bits per heavy atom. The second-order valence-corrected chi connectivity index (χ2v) is 10.1. The number of piperidine rings is 2. The first kappa shape index (κ1) is 19.0. The van der Waals surface area contributed by atoms with E-state index < -0.39 is 0 Å². The molecule has 0 saturated carbocycles. The maximum Gasteiger partial charge on any atom is 0.255 e. The molecule has 3 aliphatic heterocycles. The minimum atomic E-state index is 0.244. The van der Waals surface area contributed by atoms with Crippen LogP contribution >= 0.6 is 11.3 Å². The Kier molecular flexibility index (Phi) is 5.29. The molecule has 0 aliphatic carbocycles. The first-order valence-corrected chi connectivity index (χ1v) is 11.7. The zero-order chi connectivity index (χ0) is 19.8. The molecule has 29 heavy (non-hydrogen) atoms. The number of aromatic nitrogens is 1. The number of hydrogen-bond donors (Lipinski definition) is 0. The van der Waals surface area contributed by atoms with Gasteiger partial charge in [-0.25, -0.2) is 0 Å². The van der Waals surface area contributed by atoms with Crippen molar-refractivity contribution in [2.75, 3.05) is 26.2 Å². The van der Waals surface area contributed by atoms with Crippen molar-refractivity contribution in [3.05, 3.63) is 55.6 Å². The van der Waals surface area contributed by atoms with Gasteiger partial charge in [-0.1, -0.05) is 12.5 Å². The summed E-state index contributed by atoms with van der Waals surface area (Å²) in [6.45, 7) is 6.86. The number of nitrogens with zero attached hydrogens (tertiary/aromatic N) is 4. The van der Waals surface area contributed by atoms with Gasteiger partial charge in [0.2, 0.25) is 0 Å². The number of likely N-dealkylation sites (tertiary alicyclic amines) is 2. The molecule has 0 unspecified atom stereocenters. The van der Waals surface area contributed by atoms with E-state index >= 15 is 0 Å². The summed E-state index contributed by atoms with van der Waals surface area (Å²) in [5.41, 5.74) is 2.44. The Bertz CT molecular complexity index is 981. The van der Waals surface area contributed by atoms with E-state index in [1.54, 1.807) is 11.3 Å². The lowest BCUT2D eigenvalue weighted by Crippen LogP contribution is -2.47. The molecule has 2 aromatic heterocycles. The van der Waals surface area contributed by atoms with E-state index in [2.05, 4.69) is 38.6 Å². The standard InChI is InChI=1S/C23H28N4OS/c24-11-20-5-6-21(29-20)16-26-12-17-10-19(15-26)22-7-4-18(23(28)27(22)13-17)14-25-8-2-1-3-9-25/h4-7,17,19H,1-3,8-10,12-16H2/t17-,19+/m0/s1. The van der Waals surface area contributed by atoms with Crippen LogP contribution < -0.4 is 5.56 Å². The summed E-state index contributed by atoms with van der Waals surface area (Å²) in [6.07, 6.45) is 5.02. The topological polar surface area (TPSA) is 52.3 Å². The molecule has 2 fully saturated rings. The van der Waals surface area contributed by atoms with Gasteiger partial charge in [0.25, 0.3) is 5.56 Å². The molecule has 0 radical (unpaired) electrons. The van der Waals surface area contributed by atoms with E-state index in [4.69, 9.17) is 5.26 Å². The van der Waals surface area contributed by atoms with E-state index in [1.165, 1.54) is 36.3 Å². The third-order valence-electron chi connectivity index (χ3n) is 6.75. The molecular formula is C23H28N4OS. The molecule has 5 nitrogen and oxygen atoms in total. The normalized spacial score (nSPS) is 24.8. The number of nitriles is 1. The molecule has 6 heteroatoms. The van der Waals surface area contributed by atoms with E-state index in [0.717, 1.165) is 56.3 Å². The van der Waals surface area contributed by atoms with Gasteiger partial charge in [0.05, 0.1) is 0 Å². The lowest BCUT2D eigenvalue weighted by molar-refractivity contribution is 0.115. The highest BCUT2D eigenvalue weighted by Gasteiger charge is 2.35. The van der Waals surface area contributed by atoms with Gasteiger partial charge in [-0.2, -0.15) is 5.26 Å². The van der Waals surface area contributed by atoms with Crippen molar-refractivity contribution in [3.8, 4) is 6.07 Å². The predicted molar refractivity (Wildman–Crippen MR) is 115 cm³/mol. The molecule has 152 valence electrons. The van der Waals surface area contributed by atoms with Crippen LogP contribution in [0.3, 0.4) is 0 Å². The smallest absolute Gasteiger partial charge is 0.255 e. The fourth-order valence-electron chi connectivity index (χ4n) is 5.44. The summed E-state index contributed by atoms with van der Waals surface area (Å²) in [6, 6.07) is 10.6. The van der Waals surface area contributed by atoms with Crippen molar-refractivity contribution in [2.45, 2.75) is 51.2 Å². The number of thiophene rings is 1. The fraction of sp³-hybridized carbons (Fsp3) is 0.565. The summed E-state index contributed by atoms with van der Waals surface area (Å²) in [5, 5.41) is 9.06. The maximum absolute atomic E-state index is 13.2. The van der Waals surface area contributed by atoms with Crippen LogP contribution in [-0.2, 0) is 19.6 Å². The lowest BCUT2D eigenvalue weighted by atomic mass is 9.83. The van der Waals surface area contributed by atoms with Crippen LogP contribution in [0.4, 0.5) is 0 Å². The number of fused-ring (bicyclic) bond motifs is 4. The minimum Gasteiger partial charge on any atom is -0.312 e. The molecule has 2 bridgehead atoms. The van der Waals surface area contributed by atoms with Crippen LogP contribution in [0.1, 0.15) is 52.6 Å². The van der Waals surface area contributed by atoms with Crippen LogP contribution in [-0.4, -0.2) is 40.5 Å². The first-order valence-electron chi connectivity index (χ1n) is 10.9. The van der Waals surface area contributed by atoms with Crippen molar-refractivity contribution >= 4 is 11.3 Å². The van der Waals surface area contributed by atoms with Crippen molar-refractivity contribution in [1.29, 1.82) is 5.26 Å². The molecule has 0 amide bonds. The van der Waals surface area contributed by atoms with Gasteiger partial charge < -0.3 is 4.57 Å². The second kappa shape index (κ2) is 8.06. The zero-order valence-electron chi connectivity index (χ0n) is 16.8. The summed E-state index contributed by atoms with van der Waals surface area (Å²) in [7, 11) is 0. The van der Waals surface area contributed by atoms with E-state index in [9.17, 15) is 4.79 Å². The molecule has 3 aliphatic rings. The molecule has 2 atom stereocenters. The van der Waals surface area contributed by atoms with Gasteiger partial charge >= 0.3 is 0 Å². The van der Waals surface area contributed by atoms with Crippen molar-refractivity contribution in [1.82, 2.24) is 14.4 Å². The van der Waals surface area contributed by atoms with Gasteiger partial charge in [0.1, 0.15) is 10.9 Å². The van der Waals surface area contributed by atoms with E-state index in [1.807, 2.05) is 6.07 Å². The first-order chi connectivity index (χ1) is 14.2. The van der Waals surface area contributed by atoms with E-state index in [-0.39, 0.29) is 5.56 Å². The van der Waals surface area contributed by atoms with Crippen LogP contribution in [0.5, 0.6) is 0 Å². The molecule has 0 spiro atoms. The van der Waals surface area contributed by atoms with Crippen LogP contribution in [0.2, 0.25) is 0 Å². The monoisotopic (exact) mass is 408 g/mol. The average molecular weight is 409 g/mol. The molecule has 2 aromatic rings. The lowest BCUT2D eigenvalue weighted by Gasteiger charge is -2.43. The average Bonchev–Trinajstić information content (AvgIpc) is 3.19. The maximum atomic E-state index is 13.2. The summed E-state index contributed by atoms with van der Waals surface area (Å²) in [4.78, 5) is 20.2. The SMILES string of the molecule is N#Cc1ccc(CN2C[C@@H]3C[C@H](C2)c2ccc(CN4CCCCC4)c(=O)n2C3)s1. The largest absolute Gasteiger partial charge is 0.312 e. The number of hydrogen-bond acceptors (Lipinski definition) is 5. The summed E-state index contributed by atoms with van der Waals surface area (Å²) < 4.78 is 2.09. The predicted octanol–water partition coefficient (Wildman–Crippen LogP) is 3.39. The highest BCUT2D eigenvalue weighted by Crippen LogP contribution is 2.36. The number of pyridine rings is 1. The highest BCUT2D eigenvalue weighted by atomic mass is 32.1. The Balaban J connectivity index is 1.33. The zero-order valence-corrected chi connectivity index (χ0v) is 17.7. The summed E-state index contributed by atoms with van der Waals surface area (Å²) in [5.74, 6) is 0.981. The molecule has 5 heterocycles. The van der Waals surface area contributed by atoms with Gasteiger partial charge in [0, 0.05) is 54.8 Å². The minimum absolute atomic E-state index is 0.244. The Morgan fingerprint density at radius 3 is 2.66 bits per heavy atom. The Morgan fingerprint density at radius 1 is 1.00 bits per heavy atom. The fourth-order valence-corrected chi connectivity index (χ4v) is 6.29. The quantitative estimate of drug-likeness (QED) is 0.778. The van der Waals surface area contributed by atoms with Gasteiger partial charge in [-0.3, -0.25) is 14.6 Å². The number of rotatable bonds is 4. The van der Waals surface area contributed by atoms with Crippen molar-refractivity contribution < 1.29 is 0 Å². The molecular weight excluding hydrogens is 380 g/mol.